The number of ether oxygens (including phenoxy) is 1. The quantitative estimate of drug-likeness (QED) is 0.257. The van der Waals surface area contributed by atoms with Crippen molar-refractivity contribution in [3.8, 4) is 26.9 Å². The predicted octanol–water partition coefficient (Wildman–Crippen LogP) is 7.03. The second-order valence-electron chi connectivity index (χ2n) is 7.32. The molecule has 2 aromatic heterocycles. The van der Waals surface area contributed by atoms with E-state index in [1.165, 1.54) is 16.3 Å². The number of hydrogen-bond donors (Lipinski definition) is 0. The Kier molecular flexibility index (Phi) is 5.88. The molecule has 32 heavy (non-hydrogen) atoms. The van der Waals surface area contributed by atoms with Crippen LogP contribution in [0.1, 0.15) is 11.3 Å². The molecule has 0 atom stereocenters. The van der Waals surface area contributed by atoms with Gasteiger partial charge in [-0.3, -0.25) is 0 Å². The highest BCUT2D eigenvalue weighted by atomic mass is 32.2. The maximum Gasteiger partial charge on any atom is 0.129 e. The third-order valence-corrected chi connectivity index (χ3v) is 7.44. The Morgan fingerprint density at radius 3 is 2.53 bits per heavy atom. The van der Waals surface area contributed by atoms with Crippen molar-refractivity contribution in [2.45, 2.75) is 17.7 Å². The van der Waals surface area contributed by atoms with E-state index in [0.717, 1.165) is 43.4 Å². The van der Waals surface area contributed by atoms with Crippen LogP contribution in [0.25, 0.3) is 31.9 Å². The lowest BCUT2D eigenvalue weighted by molar-refractivity contribution is 0.416. The van der Waals surface area contributed by atoms with E-state index in [0.29, 0.717) is 0 Å². The van der Waals surface area contributed by atoms with E-state index < -0.39 is 0 Å². The van der Waals surface area contributed by atoms with Crippen LogP contribution in [-0.4, -0.2) is 22.3 Å². The van der Waals surface area contributed by atoms with E-state index >= 15 is 0 Å². The van der Waals surface area contributed by atoms with Gasteiger partial charge in [0.1, 0.15) is 21.5 Å². The molecule has 158 valence electrons. The fourth-order valence-electron chi connectivity index (χ4n) is 3.66. The first kappa shape index (κ1) is 20.7. The van der Waals surface area contributed by atoms with Gasteiger partial charge < -0.3 is 4.74 Å². The number of thioether (sulfide) groups is 1. The Balaban J connectivity index is 1.35. The van der Waals surface area contributed by atoms with Gasteiger partial charge in [-0.2, -0.15) is 0 Å². The van der Waals surface area contributed by atoms with Crippen LogP contribution >= 0.6 is 23.1 Å². The molecule has 0 bridgehead atoms. The first-order valence-corrected chi connectivity index (χ1v) is 12.1. The lowest BCUT2D eigenvalue weighted by Gasteiger charge is -2.06. The van der Waals surface area contributed by atoms with E-state index in [2.05, 4.69) is 52.7 Å². The number of thiazole rings is 1. The number of nitrogens with zero attached hydrogens (tertiary/aromatic N) is 3. The van der Waals surface area contributed by atoms with Crippen LogP contribution in [0.4, 0.5) is 0 Å². The molecule has 0 N–H and O–H groups in total. The summed E-state index contributed by atoms with van der Waals surface area (Å²) in [4.78, 5) is 5.79. The summed E-state index contributed by atoms with van der Waals surface area (Å²) in [6.45, 7) is 2.01. The van der Waals surface area contributed by atoms with Gasteiger partial charge in [0.25, 0.3) is 0 Å². The number of benzene rings is 3. The van der Waals surface area contributed by atoms with Gasteiger partial charge in [-0.1, -0.05) is 66.4 Å². The van der Waals surface area contributed by atoms with Crippen molar-refractivity contribution in [3.63, 3.8) is 0 Å². The lowest BCUT2D eigenvalue weighted by Crippen LogP contribution is -1.90. The van der Waals surface area contributed by atoms with Gasteiger partial charge in [0.2, 0.25) is 0 Å². The Hall–Kier alpha value is -3.22. The number of fused-ring (bicyclic) bond motifs is 1. The summed E-state index contributed by atoms with van der Waals surface area (Å²) >= 11 is 3.31. The van der Waals surface area contributed by atoms with Crippen LogP contribution in [0, 0.1) is 6.92 Å². The molecule has 5 aromatic rings. The Morgan fingerprint density at radius 2 is 1.69 bits per heavy atom. The summed E-state index contributed by atoms with van der Waals surface area (Å²) < 4.78 is 5.50. The lowest BCUT2D eigenvalue weighted by atomic mass is 10.1. The number of para-hydroxylation sites is 1. The molecule has 0 aliphatic heterocycles. The van der Waals surface area contributed by atoms with Crippen LogP contribution in [0.2, 0.25) is 0 Å². The molecular formula is C26H21N3OS2. The highest BCUT2D eigenvalue weighted by molar-refractivity contribution is 7.98. The highest BCUT2D eigenvalue weighted by Crippen LogP contribution is 2.38. The summed E-state index contributed by atoms with van der Waals surface area (Å²) in [7, 11) is 1.68. The van der Waals surface area contributed by atoms with E-state index in [-0.39, 0.29) is 0 Å². The molecule has 0 amide bonds. The standard InChI is InChI=1S/C26H21N3OS2/c1-17-25(32-26(27-17)21-12-5-6-13-23(21)30-2)22-14-15-24(29-28-22)31-16-19-10-7-9-18-8-3-4-11-20(18)19/h3-15H,16H2,1-2H3. The average molecular weight is 456 g/mol. The molecule has 0 radical (unpaired) electrons. The van der Waals surface area contributed by atoms with Crippen molar-refractivity contribution < 1.29 is 4.74 Å². The monoisotopic (exact) mass is 455 g/mol. The highest BCUT2D eigenvalue weighted by Gasteiger charge is 2.15. The third kappa shape index (κ3) is 4.11. The largest absolute Gasteiger partial charge is 0.496 e. The minimum Gasteiger partial charge on any atom is -0.496 e. The molecule has 2 heterocycles. The fourth-order valence-corrected chi connectivity index (χ4v) is 5.54. The first-order valence-electron chi connectivity index (χ1n) is 10.3. The summed E-state index contributed by atoms with van der Waals surface area (Å²) in [5.74, 6) is 1.67. The van der Waals surface area contributed by atoms with Crippen LogP contribution in [0.5, 0.6) is 5.75 Å². The molecule has 5 rings (SSSR count). The van der Waals surface area contributed by atoms with E-state index in [1.807, 2.05) is 43.3 Å². The number of methoxy groups -OCH3 is 1. The van der Waals surface area contributed by atoms with Crippen molar-refractivity contribution in [3.05, 3.63) is 90.1 Å². The average Bonchev–Trinajstić information content (AvgIpc) is 3.24. The van der Waals surface area contributed by atoms with Crippen LogP contribution < -0.4 is 4.74 Å². The molecule has 0 aliphatic carbocycles. The number of aryl methyl sites for hydroxylation is 1. The maximum atomic E-state index is 5.50. The zero-order chi connectivity index (χ0) is 21.9. The first-order chi connectivity index (χ1) is 15.7. The zero-order valence-electron chi connectivity index (χ0n) is 17.8. The van der Waals surface area contributed by atoms with Crippen LogP contribution in [0.15, 0.2) is 83.9 Å². The number of hydrogen-bond acceptors (Lipinski definition) is 6. The minimum absolute atomic E-state index is 0.819. The molecule has 4 nitrogen and oxygen atoms in total. The molecule has 0 aliphatic rings. The van der Waals surface area contributed by atoms with Crippen LogP contribution in [0.3, 0.4) is 0 Å². The predicted molar refractivity (Wildman–Crippen MR) is 133 cm³/mol. The number of rotatable bonds is 6. The molecule has 0 spiro atoms. The van der Waals surface area contributed by atoms with Gasteiger partial charge in [0, 0.05) is 5.75 Å². The smallest absolute Gasteiger partial charge is 0.129 e. The van der Waals surface area contributed by atoms with Gasteiger partial charge in [0.15, 0.2) is 0 Å². The van der Waals surface area contributed by atoms with E-state index in [4.69, 9.17) is 9.72 Å². The Bertz CT molecular complexity index is 1370. The van der Waals surface area contributed by atoms with Gasteiger partial charge in [-0.05, 0) is 47.5 Å². The van der Waals surface area contributed by atoms with E-state index in [9.17, 15) is 0 Å². The topological polar surface area (TPSA) is 47.9 Å². The van der Waals surface area contributed by atoms with Crippen LogP contribution in [-0.2, 0) is 5.75 Å². The Labute approximate surface area is 195 Å². The fraction of sp³-hybridized carbons (Fsp3) is 0.115. The van der Waals surface area contributed by atoms with E-state index in [1.54, 1.807) is 30.2 Å². The molecule has 6 heteroatoms. The van der Waals surface area contributed by atoms with Crippen molar-refractivity contribution in [1.29, 1.82) is 0 Å². The maximum absolute atomic E-state index is 5.50. The minimum atomic E-state index is 0.819. The van der Waals surface area contributed by atoms with Crippen molar-refractivity contribution in [1.82, 2.24) is 15.2 Å². The van der Waals surface area contributed by atoms with Crippen molar-refractivity contribution >= 4 is 33.9 Å². The number of aromatic nitrogens is 3. The molecule has 0 saturated carbocycles. The molecule has 3 aromatic carbocycles. The summed E-state index contributed by atoms with van der Waals surface area (Å²) in [6, 6.07) is 26.9. The second kappa shape index (κ2) is 9.10. The SMILES string of the molecule is COc1ccccc1-c1nc(C)c(-c2ccc(SCc3cccc4ccccc34)nn2)s1. The van der Waals surface area contributed by atoms with Crippen molar-refractivity contribution in [2.24, 2.45) is 0 Å². The summed E-state index contributed by atoms with van der Waals surface area (Å²) in [5.41, 5.74) is 4.08. The Morgan fingerprint density at radius 1 is 0.875 bits per heavy atom. The molecule has 0 unspecified atom stereocenters. The van der Waals surface area contributed by atoms with Gasteiger partial charge in [-0.15, -0.1) is 21.5 Å². The van der Waals surface area contributed by atoms with Gasteiger partial charge in [-0.25, -0.2) is 4.98 Å². The second-order valence-corrected chi connectivity index (χ2v) is 9.31. The summed E-state index contributed by atoms with van der Waals surface area (Å²) in [5, 5.41) is 13.4. The normalized spacial score (nSPS) is 11.1. The molecule has 0 fully saturated rings. The third-order valence-electron chi connectivity index (χ3n) is 5.26. The van der Waals surface area contributed by atoms with Gasteiger partial charge >= 0.3 is 0 Å². The van der Waals surface area contributed by atoms with Crippen molar-refractivity contribution in [2.75, 3.05) is 7.11 Å². The zero-order valence-corrected chi connectivity index (χ0v) is 19.4. The molecular weight excluding hydrogens is 434 g/mol. The van der Waals surface area contributed by atoms with Gasteiger partial charge in [0.05, 0.1) is 23.2 Å². The molecule has 0 saturated heterocycles. The summed E-state index contributed by atoms with van der Waals surface area (Å²) in [6.07, 6.45) is 0.